The second-order valence-electron chi connectivity index (χ2n) is 4.82. The van der Waals surface area contributed by atoms with E-state index < -0.39 is 15.6 Å². The summed E-state index contributed by atoms with van der Waals surface area (Å²) in [6.45, 7) is 7.38. The SMILES string of the molecule is C=CCCS(=O)(=O)N1CCCC1C(C)(C)O. The molecule has 1 fully saturated rings. The topological polar surface area (TPSA) is 57.6 Å². The summed E-state index contributed by atoms with van der Waals surface area (Å²) < 4.78 is 25.5. The largest absolute Gasteiger partial charge is 0.389 e. The van der Waals surface area contributed by atoms with Gasteiger partial charge >= 0.3 is 0 Å². The van der Waals surface area contributed by atoms with Crippen LogP contribution in [0.3, 0.4) is 0 Å². The third-order valence-electron chi connectivity index (χ3n) is 2.96. The smallest absolute Gasteiger partial charge is 0.214 e. The first-order valence-electron chi connectivity index (χ1n) is 5.62. The van der Waals surface area contributed by atoms with Crippen molar-refractivity contribution in [2.45, 2.75) is 44.8 Å². The fourth-order valence-corrected chi connectivity index (χ4v) is 3.99. The normalized spacial score (nSPS) is 23.6. The lowest BCUT2D eigenvalue weighted by Gasteiger charge is -2.32. The molecule has 0 spiro atoms. The Morgan fingerprint density at radius 3 is 2.69 bits per heavy atom. The van der Waals surface area contributed by atoms with E-state index in [9.17, 15) is 13.5 Å². The van der Waals surface area contributed by atoms with Crippen molar-refractivity contribution in [2.75, 3.05) is 12.3 Å². The zero-order valence-corrected chi connectivity index (χ0v) is 10.8. The third kappa shape index (κ3) is 3.06. The van der Waals surface area contributed by atoms with Gasteiger partial charge in [-0.3, -0.25) is 0 Å². The van der Waals surface area contributed by atoms with Gasteiger partial charge in [-0.25, -0.2) is 8.42 Å². The molecule has 5 heteroatoms. The quantitative estimate of drug-likeness (QED) is 0.741. The zero-order valence-electron chi connectivity index (χ0n) is 10.0. The molecule has 0 aromatic rings. The molecule has 1 aliphatic rings. The van der Waals surface area contributed by atoms with Gasteiger partial charge in [-0.1, -0.05) is 6.08 Å². The fourth-order valence-electron chi connectivity index (χ4n) is 2.13. The molecule has 0 radical (unpaired) electrons. The highest BCUT2D eigenvalue weighted by molar-refractivity contribution is 7.89. The number of rotatable bonds is 5. The Morgan fingerprint density at radius 1 is 1.56 bits per heavy atom. The van der Waals surface area contributed by atoms with Gasteiger partial charge in [-0.05, 0) is 33.1 Å². The summed E-state index contributed by atoms with van der Waals surface area (Å²) in [6.07, 6.45) is 3.61. The molecule has 0 saturated carbocycles. The monoisotopic (exact) mass is 247 g/mol. The Kier molecular flexibility index (Phi) is 4.15. The summed E-state index contributed by atoms with van der Waals surface area (Å²) in [6, 6.07) is -0.290. The van der Waals surface area contributed by atoms with Crippen LogP contribution in [0.4, 0.5) is 0 Å². The molecular weight excluding hydrogens is 226 g/mol. The molecule has 1 rings (SSSR count). The van der Waals surface area contributed by atoms with Gasteiger partial charge in [0.05, 0.1) is 17.4 Å². The van der Waals surface area contributed by atoms with Crippen molar-refractivity contribution in [1.29, 1.82) is 0 Å². The molecule has 1 heterocycles. The maximum atomic E-state index is 12.0. The van der Waals surface area contributed by atoms with Gasteiger partial charge < -0.3 is 5.11 Å². The summed E-state index contributed by atoms with van der Waals surface area (Å²) in [5, 5.41) is 9.95. The van der Waals surface area contributed by atoms with Gasteiger partial charge in [-0.15, -0.1) is 6.58 Å². The molecule has 4 nitrogen and oxygen atoms in total. The second-order valence-corrected chi connectivity index (χ2v) is 6.86. The molecule has 1 N–H and O–H groups in total. The van der Waals surface area contributed by atoms with Gasteiger partial charge in [0, 0.05) is 6.54 Å². The summed E-state index contributed by atoms with van der Waals surface area (Å²) in [5.74, 6) is 0.0864. The van der Waals surface area contributed by atoms with Crippen LogP contribution in [0, 0.1) is 0 Å². The first kappa shape index (κ1) is 13.7. The average Bonchev–Trinajstić information content (AvgIpc) is 2.63. The van der Waals surface area contributed by atoms with Gasteiger partial charge in [0.2, 0.25) is 10.0 Å². The molecule has 16 heavy (non-hydrogen) atoms. The maximum absolute atomic E-state index is 12.0. The maximum Gasteiger partial charge on any atom is 0.214 e. The highest BCUT2D eigenvalue weighted by Crippen LogP contribution is 2.29. The first-order valence-corrected chi connectivity index (χ1v) is 7.23. The van der Waals surface area contributed by atoms with Crippen LogP contribution in [-0.2, 0) is 10.0 Å². The number of nitrogens with zero attached hydrogens (tertiary/aromatic N) is 1. The standard InChI is InChI=1S/C11H21NO3S/c1-4-5-9-16(14,15)12-8-6-7-10(12)11(2,3)13/h4,10,13H,1,5-9H2,2-3H3. The van der Waals surface area contributed by atoms with E-state index in [1.54, 1.807) is 19.9 Å². The summed E-state index contributed by atoms with van der Waals surface area (Å²) in [7, 11) is -3.25. The van der Waals surface area contributed by atoms with E-state index in [4.69, 9.17) is 0 Å². The van der Waals surface area contributed by atoms with Crippen molar-refractivity contribution in [1.82, 2.24) is 4.31 Å². The van der Waals surface area contributed by atoms with Gasteiger partial charge in [0.15, 0.2) is 0 Å². The Bertz CT molecular complexity index is 343. The Labute approximate surface area is 98.0 Å². The lowest BCUT2D eigenvalue weighted by molar-refractivity contribution is 0.0215. The lowest BCUT2D eigenvalue weighted by Crippen LogP contribution is -2.48. The summed E-state index contributed by atoms with van der Waals surface area (Å²) in [5.41, 5.74) is -0.974. The van der Waals surface area contributed by atoms with Crippen LogP contribution in [0.5, 0.6) is 0 Å². The van der Waals surface area contributed by atoms with E-state index in [-0.39, 0.29) is 11.8 Å². The average molecular weight is 247 g/mol. The molecule has 1 unspecified atom stereocenters. The van der Waals surface area contributed by atoms with Gasteiger partial charge in [-0.2, -0.15) is 4.31 Å². The Balaban J connectivity index is 2.82. The molecule has 0 amide bonds. The molecule has 1 atom stereocenters. The third-order valence-corrected chi connectivity index (χ3v) is 4.86. The van der Waals surface area contributed by atoms with E-state index in [0.717, 1.165) is 12.8 Å². The van der Waals surface area contributed by atoms with Crippen LogP contribution in [0.2, 0.25) is 0 Å². The molecular formula is C11H21NO3S. The van der Waals surface area contributed by atoms with Gasteiger partial charge in [0.25, 0.3) is 0 Å². The number of allylic oxidation sites excluding steroid dienone is 1. The van der Waals surface area contributed by atoms with Crippen LogP contribution >= 0.6 is 0 Å². The number of aliphatic hydroxyl groups is 1. The minimum atomic E-state index is -3.25. The van der Waals surface area contributed by atoms with Crippen molar-refractivity contribution in [3.8, 4) is 0 Å². The number of hydrogen-bond donors (Lipinski definition) is 1. The fraction of sp³-hybridized carbons (Fsp3) is 0.818. The second kappa shape index (κ2) is 4.85. The van der Waals surface area contributed by atoms with Crippen LogP contribution in [0.1, 0.15) is 33.1 Å². The van der Waals surface area contributed by atoms with Crippen LogP contribution in [0.25, 0.3) is 0 Å². The zero-order chi connectivity index (χ0) is 12.4. The van der Waals surface area contributed by atoms with Crippen molar-refractivity contribution < 1.29 is 13.5 Å². The van der Waals surface area contributed by atoms with Crippen LogP contribution in [-0.4, -0.2) is 41.8 Å². The molecule has 0 aliphatic carbocycles. The lowest BCUT2D eigenvalue weighted by atomic mass is 9.98. The highest BCUT2D eigenvalue weighted by atomic mass is 32.2. The number of sulfonamides is 1. The molecule has 0 bridgehead atoms. The Morgan fingerprint density at radius 2 is 2.19 bits per heavy atom. The number of hydrogen-bond acceptors (Lipinski definition) is 3. The van der Waals surface area contributed by atoms with E-state index in [2.05, 4.69) is 6.58 Å². The summed E-state index contributed by atoms with van der Waals surface area (Å²) in [4.78, 5) is 0. The van der Waals surface area contributed by atoms with Crippen molar-refractivity contribution >= 4 is 10.0 Å². The van der Waals surface area contributed by atoms with E-state index >= 15 is 0 Å². The first-order chi connectivity index (χ1) is 7.29. The molecule has 0 aromatic heterocycles. The summed E-state index contributed by atoms with van der Waals surface area (Å²) >= 11 is 0. The van der Waals surface area contributed by atoms with E-state index in [1.807, 2.05) is 0 Å². The van der Waals surface area contributed by atoms with Gasteiger partial charge in [0.1, 0.15) is 0 Å². The Hall–Kier alpha value is -0.390. The van der Waals surface area contributed by atoms with E-state index in [0.29, 0.717) is 13.0 Å². The van der Waals surface area contributed by atoms with Crippen LogP contribution in [0.15, 0.2) is 12.7 Å². The molecule has 1 saturated heterocycles. The minimum Gasteiger partial charge on any atom is -0.389 e. The van der Waals surface area contributed by atoms with Crippen molar-refractivity contribution in [3.05, 3.63) is 12.7 Å². The van der Waals surface area contributed by atoms with E-state index in [1.165, 1.54) is 4.31 Å². The molecule has 0 aromatic carbocycles. The van der Waals surface area contributed by atoms with Crippen molar-refractivity contribution in [2.24, 2.45) is 0 Å². The minimum absolute atomic E-state index is 0.0864. The van der Waals surface area contributed by atoms with Crippen LogP contribution < -0.4 is 0 Å². The predicted molar refractivity (Wildman–Crippen MR) is 64.6 cm³/mol. The molecule has 94 valence electrons. The molecule has 1 aliphatic heterocycles. The predicted octanol–water partition coefficient (Wildman–Crippen LogP) is 1.13. The highest BCUT2D eigenvalue weighted by Gasteiger charge is 2.41. The van der Waals surface area contributed by atoms with Crippen molar-refractivity contribution in [3.63, 3.8) is 0 Å².